The van der Waals surface area contributed by atoms with Crippen LogP contribution in [0.3, 0.4) is 0 Å². The Morgan fingerprint density at radius 2 is 1.75 bits per heavy atom. The third-order valence-corrected chi connectivity index (χ3v) is 4.58. The predicted octanol–water partition coefficient (Wildman–Crippen LogP) is 3.15. The Morgan fingerprint density at radius 3 is 2.12 bits per heavy atom. The van der Waals surface area contributed by atoms with E-state index in [2.05, 4.69) is 29.0 Å². The molecule has 3 N–H and O–H groups in total. The van der Waals surface area contributed by atoms with Crippen LogP contribution in [0.15, 0.2) is 18.3 Å². The lowest BCUT2D eigenvalue weighted by molar-refractivity contribution is -0.131. The molecule has 0 fully saturated rings. The number of hydrogen-bond acceptors (Lipinski definition) is 4. The number of carbonyl (C=O) groups is 1. The molecule has 140 valence electrons. The lowest BCUT2D eigenvalue weighted by Crippen LogP contribution is -2.45. The van der Waals surface area contributed by atoms with Crippen LogP contribution >= 0.6 is 24.8 Å². The molecule has 0 radical (unpaired) electrons. The maximum Gasteiger partial charge on any atom is 0.227 e. The Morgan fingerprint density at radius 1 is 1.17 bits per heavy atom. The number of amides is 1. The molecule has 1 aromatic heterocycles. The molecule has 0 bridgehead atoms. The Hall–Kier alpha value is -1.04. The van der Waals surface area contributed by atoms with Crippen LogP contribution in [0.4, 0.5) is 5.82 Å². The standard InChI is InChI=1S/C17H30N4O.2ClH/c1-5-17(6-2,13-18)16(22)20-12-14-9-10-15(19-11-14)21(7-3)8-4;;/h9-11H,5-8,12-13,18H2,1-4H3,(H,20,22);2*1H. The molecule has 24 heavy (non-hydrogen) atoms. The molecule has 1 aromatic rings. The number of anilines is 1. The molecule has 0 saturated heterocycles. The van der Waals surface area contributed by atoms with Crippen molar-refractivity contribution < 1.29 is 4.79 Å². The minimum Gasteiger partial charge on any atom is -0.357 e. The molecule has 0 aliphatic heterocycles. The number of halogens is 2. The Balaban J connectivity index is 0. The van der Waals surface area contributed by atoms with E-state index in [0.29, 0.717) is 13.1 Å². The summed E-state index contributed by atoms with van der Waals surface area (Å²) < 4.78 is 0. The first-order valence-corrected chi connectivity index (χ1v) is 8.25. The molecule has 0 unspecified atom stereocenters. The van der Waals surface area contributed by atoms with Gasteiger partial charge in [0, 0.05) is 32.4 Å². The van der Waals surface area contributed by atoms with E-state index in [9.17, 15) is 4.79 Å². The summed E-state index contributed by atoms with van der Waals surface area (Å²) in [5, 5.41) is 3.00. The quantitative estimate of drug-likeness (QED) is 0.692. The van der Waals surface area contributed by atoms with Crippen LogP contribution in [-0.4, -0.2) is 30.5 Å². The third-order valence-electron chi connectivity index (χ3n) is 4.58. The summed E-state index contributed by atoms with van der Waals surface area (Å²) in [7, 11) is 0. The van der Waals surface area contributed by atoms with Crippen LogP contribution in [-0.2, 0) is 11.3 Å². The topological polar surface area (TPSA) is 71.2 Å². The van der Waals surface area contributed by atoms with E-state index in [1.807, 2.05) is 32.2 Å². The predicted molar refractivity (Wildman–Crippen MR) is 106 cm³/mol. The lowest BCUT2D eigenvalue weighted by Gasteiger charge is -2.28. The molecule has 1 amide bonds. The van der Waals surface area contributed by atoms with Gasteiger partial charge in [-0.15, -0.1) is 24.8 Å². The number of pyridine rings is 1. The highest BCUT2D eigenvalue weighted by Crippen LogP contribution is 2.25. The van der Waals surface area contributed by atoms with Gasteiger partial charge in [0.1, 0.15) is 5.82 Å². The van der Waals surface area contributed by atoms with Gasteiger partial charge in [0.25, 0.3) is 0 Å². The zero-order chi connectivity index (χ0) is 16.6. The van der Waals surface area contributed by atoms with Crippen LogP contribution < -0.4 is 16.0 Å². The molecule has 1 rings (SSSR count). The van der Waals surface area contributed by atoms with Gasteiger partial charge in [0.2, 0.25) is 5.91 Å². The lowest BCUT2D eigenvalue weighted by atomic mass is 9.81. The number of aromatic nitrogens is 1. The van der Waals surface area contributed by atoms with E-state index >= 15 is 0 Å². The molecule has 1 heterocycles. The van der Waals surface area contributed by atoms with Crippen LogP contribution in [0.1, 0.15) is 46.1 Å². The summed E-state index contributed by atoms with van der Waals surface area (Å²) in [5.74, 6) is 1.01. The van der Waals surface area contributed by atoms with Gasteiger partial charge < -0.3 is 16.0 Å². The summed E-state index contributed by atoms with van der Waals surface area (Å²) in [5.41, 5.74) is 6.36. The SMILES string of the molecule is CCN(CC)c1ccc(CNC(=O)C(CC)(CC)CN)cn1.Cl.Cl. The van der Waals surface area contributed by atoms with E-state index in [1.54, 1.807) is 0 Å². The van der Waals surface area contributed by atoms with Crippen molar-refractivity contribution in [2.75, 3.05) is 24.5 Å². The van der Waals surface area contributed by atoms with Gasteiger partial charge in [-0.25, -0.2) is 4.98 Å². The van der Waals surface area contributed by atoms with Crippen LogP contribution in [0.25, 0.3) is 0 Å². The van der Waals surface area contributed by atoms with Crippen molar-refractivity contribution in [2.24, 2.45) is 11.1 Å². The smallest absolute Gasteiger partial charge is 0.227 e. The van der Waals surface area contributed by atoms with Crippen LogP contribution in [0.2, 0.25) is 0 Å². The van der Waals surface area contributed by atoms with Crippen molar-refractivity contribution in [1.29, 1.82) is 0 Å². The molecule has 0 aliphatic rings. The highest BCUT2D eigenvalue weighted by Gasteiger charge is 2.32. The average molecular weight is 379 g/mol. The van der Waals surface area contributed by atoms with Gasteiger partial charge in [-0.1, -0.05) is 19.9 Å². The summed E-state index contributed by atoms with van der Waals surface area (Å²) >= 11 is 0. The van der Waals surface area contributed by atoms with E-state index in [1.165, 1.54) is 0 Å². The van der Waals surface area contributed by atoms with Crippen molar-refractivity contribution in [3.05, 3.63) is 23.9 Å². The molecule has 5 nitrogen and oxygen atoms in total. The van der Waals surface area contributed by atoms with Crippen LogP contribution in [0.5, 0.6) is 0 Å². The van der Waals surface area contributed by atoms with E-state index in [-0.39, 0.29) is 30.7 Å². The Bertz CT molecular complexity index is 452. The number of nitrogens with zero attached hydrogens (tertiary/aromatic N) is 2. The molecule has 0 saturated carbocycles. The molecule has 0 aromatic carbocycles. The second kappa shape index (κ2) is 12.3. The fraction of sp³-hybridized carbons (Fsp3) is 0.647. The zero-order valence-electron chi connectivity index (χ0n) is 15.2. The summed E-state index contributed by atoms with van der Waals surface area (Å²) in [6.07, 6.45) is 3.34. The minimum atomic E-state index is -0.450. The Kier molecular flexibility index (Phi) is 13.0. The van der Waals surface area contributed by atoms with Gasteiger partial charge in [-0.05, 0) is 38.3 Å². The minimum absolute atomic E-state index is 0. The van der Waals surface area contributed by atoms with Crippen molar-refractivity contribution in [1.82, 2.24) is 10.3 Å². The average Bonchev–Trinajstić information content (AvgIpc) is 2.57. The fourth-order valence-electron chi connectivity index (χ4n) is 2.58. The maximum absolute atomic E-state index is 12.4. The van der Waals surface area contributed by atoms with Gasteiger partial charge in [-0.2, -0.15) is 0 Å². The zero-order valence-corrected chi connectivity index (χ0v) is 16.8. The molecule has 0 spiro atoms. The van der Waals surface area contributed by atoms with Crippen molar-refractivity contribution in [2.45, 2.75) is 47.1 Å². The van der Waals surface area contributed by atoms with Crippen molar-refractivity contribution >= 4 is 36.5 Å². The largest absolute Gasteiger partial charge is 0.357 e. The molecule has 0 aliphatic carbocycles. The Labute approximate surface area is 158 Å². The molecule has 0 atom stereocenters. The van der Waals surface area contributed by atoms with E-state index in [4.69, 9.17) is 5.73 Å². The molecular weight excluding hydrogens is 347 g/mol. The summed E-state index contributed by atoms with van der Waals surface area (Å²) in [4.78, 5) is 19.0. The molecule has 7 heteroatoms. The van der Waals surface area contributed by atoms with Gasteiger partial charge in [-0.3, -0.25) is 4.79 Å². The van der Waals surface area contributed by atoms with E-state index in [0.717, 1.165) is 37.3 Å². The monoisotopic (exact) mass is 378 g/mol. The van der Waals surface area contributed by atoms with Crippen molar-refractivity contribution in [3.8, 4) is 0 Å². The number of hydrogen-bond donors (Lipinski definition) is 2. The number of carbonyl (C=O) groups excluding carboxylic acids is 1. The van der Waals surface area contributed by atoms with Crippen molar-refractivity contribution in [3.63, 3.8) is 0 Å². The molecular formula is C17H32Cl2N4O. The highest BCUT2D eigenvalue weighted by atomic mass is 35.5. The normalized spacial score (nSPS) is 10.4. The highest BCUT2D eigenvalue weighted by molar-refractivity contribution is 5.85. The number of nitrogens with two attached hydrogens (primary N) is 1. The van der Waals surface area contributed by atoms with Crippen LogP contribution in [0, 0.1) is 5.41 Å². The number of rotatable bonds is 9. The second-order valence-electron chi connectivity index (χ2n) is 5.57. The third kappa shape index (κ3) is 6.11. The summed E-state index contributed by atoms with van der Waals surface area (Å²) in [6.45, 7) is 11.0. The van der Waals surface area contributed by atoms with E-state index < -0.39 is 5.41 Å². The first kappa shape index (κ1) is 25.2. The van der Waals surface area contributed by atoms with Gasteiger partial charge >= 0.3 is 0 Å². The fourth-order valence-corrected chi connectivity index (χ4v) is 2.58. The number of nitrogens with one attached hydrogen (secondary N) is 1. The van der Waals surface area contributed by atoms with Gasteiger partial charge in [0.15, 0.2) is 0 Å². The second-order valence-corrected chi connectivity index (χ2v) is 5.57. The van der Waals surface area contributed by atoms with Gasteiger partial charge in [0.05, 0.1) is 5.41 Å². The summed E-state index contributed by atoms with van der Waals surface area (Å²) in [6, 6.07) is 4.02. The first-order chi connectivity index (χ1) is 10.6. The first-order valence-electron chi connectivity index (χ1n) is 8.25. The maximum atomic E-state index is 12.4.